The fourth-order valence-corrected chi connectivity index (χ4v) is 4.80. The van der Waals surface area contributed by atoms with E-state index in [0.29, 0.717) is 10.9 Å². The van der Waals surface area contributed by atoms with Gasteiger partial charge in [-0.25, -0.2) is 9.97 Å². The topological polar surface area (TPSA) is 75.1 Å². The minimum absolute atomic E-state index is 0.108. The maximum atomic E-state index is 12.8. The van der Waals surface area contributed by atoms with Crippen LogP contribution in [-0.4, -0.2) is 56.5 Å². The van der Waals surface area contributed by atoms with E-state index in [-0.39, 0.29) is 11.3 Å². The molecule has 2 fully saturated rings. The number of rotatable bonds is 4. The van der Waals surface area contributed by atoms with Crippen molar-refractivity contribution in [3.8, 4) is 0 Å². The van der Waals surface area contributed by atoms with Gasteiger partial charge in [0.05, 0.1) is 5.69 Å². The lowest BCUT2D eigenvalue weighted by molar-refractivity contribution is 0.0702. The Labute approximate surface area is 151 Å². The summed E-state index contributed by atoms with van der Waals surface area (Å²) in [7, 11) is 2.09. The third kappa shape index (κ3) is 2.88. The molecule has 2 aromatic heterocycles. The normalized spacial score (nSPS) is 25.2. The van der Waals surface area contributed by atoms with Crippen LogP contribution in [0.5, 0.6) is 0 Å². The number of hydrogen-bond acceptors (Lipinski definition) is 7. The van der Waals surface area contributed by atoms with Crippen LogP contribution in [0.15, 0.2) is 18.6 Å². The average Bonchev–Trinajstić information content (AvgIpc) is 3.27. The molecule has 0 radical (unpaired) electrons. The molecule has 0 unspecified atom stereocenters. The first-order valence-corrected chi connectivity index (χ1v) is 9.48. The standard InChI is InChI=1S/C17H22N6OS/c1-3-13-15(25-21-20-13)16(24)23-7-5-17(10-23)8-12(9-17)22(2)14-4-6-18-11-19-14/h4,6,11-12H,3,5,7-10H2,1-2H3. The summed E-state index contributed by atoms with van der Waals surface area (Å²) < 4.78 is 3.95. The lowest BCUT2D eigenvalue weighted by Gasteiger charge is -2.49. The van der Waals surface area contributed by atoms with Crippen LogP contribution < -0.4 is 4.90 Å². The molecule has 0 atom stereocenters. The lowest BCUT2D eigenvalue weighted by atomic mass is 9.64. The molecule has 3 heterocycles. The highest BCUT2D eigenvalue weighted by Gasteiger charge is 2.51. The molecule has 25 heavy (non-hydrogen) atoms. The number of hydrogen-bond donors (Lipinski definition) is 0. The van der Waals surface area contributed by atoms with Crippen molar-refractivity contribution in [1.82, 2.24) is 24.5 Å². The number of nitrogens with zero attached hydrogens (tertiary/aromatic N) is 6. The second kappa shape index (κ2) is 6.33. The van der Waals surface area contributed by atoms with E-state index in [4.69, 9.17) is 0 Å². The van der Waals surface area contributed by atoms with E-state index in [2.05, 4.69) is 31.5 Å². The molecule has 2 aliphatic rings. The summed E-state index contributed by atoms with van der Waals surface area (Å²) in [5.41, 5.74) is 1.09. The third-order valence-electron chi connectivity index (χ3n) is 5.62. The summed E-state index contributed by atoms with van der Waals surface area (Å²) in [5.74, 6) is 1.07. The molecule has 1 saturated heterocycles. The molecule has 0 bridgehead atoms. The zero-order valence-electron chi connectivity index (χ0n) is 14.6. The van der Waals surface area contributed by atoms with Crippen molar-refractivity contribution in [3.63, 3.8) is 0 Å². The van der Waals surface area contributed by atoms with Crippen LogP contribution in [0.25, 0.3) is 0 Å². The summed E-state index contributed by atoms with van der Waals surface area (Å²) in [6.07, 6.45) is 7.42. The van der Waals surface area contributed by atoms with Crippen LogP contribution in [0.1, 0.15) is 41.6 Å². The van der Waals surface area contributed by atoms with Crippen LogP contribution in [-0.2, 0) is 6.42 Å². The fraction of sp³-hybridized carbons (Fsp3) is 0.588. The molecule has 132 valence electrons. The molecule has 1 spiro atoms. The average molecular weight is 358 g/mol. The second-order valence-corrected chi connectivity index (χ2v) is 7.87. The van der Waals surface area contributed by atoms with Gasteiger partial charge in [-0.1, -0.05) is 11.4 Å². The van der Waals surface area contributed by atoms with Gasteiger partial charge in [0, 0.05) is 32.4 Å². The number of amides is 1. The first-order valence-electron chi connectivity index (χ1n) is 8.71. The number of anilines is 1. The van der Waals surface area contributed by atoms with Gasteiger partial charge in [0.1, 0.15) is 17.0 Å². The van der Waals surface area contributed by atoms with Crippen molar-refractivity contribution >= 4 is 23.3 Å². The van der Waals surface area contributed by atoms with Crippen molar-refractivity contribution in [2.75, 3.05) is 25.0 Å². The quantitative estimate of drug-likeness (QED) is 0.832. The van der Waals surface area contributed by atoms with E-state index in [1.54, 1.807) is 12.5 Å². The highest BCUT2D eigenvalue weighted by atomic mass is 32.1. The van der Waals surface area contributed by atoms with Crippen molar-refractivity contribution in [2.45, 2.75) is 38.6 Å². The summed E-state index contributed by atoms with van der Waals surface area (Å²) in [6.45, 7) is 3.70. The van der Waals surface area contributed by atoms with Crippen molar-refractivity contribution in [3.05, 3.63) is 29.2 Å². The summed E-state index contributed by atoms with van der Waals surface area (Å²) in [6, 6.07) is 2.43. The summed E-state index contributed by atoms with van der Waals surface area (Å²) in [5, 5.41) is 4.07. The highest BCUT2D eigenvalue weighted by Crippen LogP contribution is 2.50. The minimum atomic E-state index is 0.108. The van der Waals surface area contributed by atoms with Gasteiger partial charge in [-0.3, -0.25) is 4.79 Å². The maximum absolute atomic E-state index is 12.8. The summed E-state index contributed by atoms with van der Waals surface area (Å²) >= 11 is 1.22. The monoisotopic (exact) mass is 358 g/mol. The molecule has 0 aromatic carbocycles. The molecule has 7 nitrogen and oxygen atoms in total. The van der Waals surface area contributed by atoms with E-state index in [1.165, 1.54) is 11.5 Å². The molecular weight excluding hydrogens is 336 g/mol. The maximum Gasteiger partial charge on any atom is 0.267 e. The Kier molecular flexibility index (Phi) is 4.15. The van der Waals surface area contributed by atoms with E-state index < -0.39 is 0 Å². The van der Waals surface area contributed by atoms with Gasteiger partial charge in [-0.15, -0.1) is 5.10 Å². The Hall–Kier alpha value is -2.09. The number of aromatic nitrogens is 4. The number of aryl methyl sites for hydroxylation is 1. The predicted octanol–water partition coefficient (Wildman–Crippen LogP) is 2.02. The van der Waals surface area contributed by atoms with Crippen LogP contribution in [0.4, 0.5) is 5.82 Å². The Morgan fingerprint density at radius 3 is 3.04 bits per heavy atom. The highest BCUT2D eigenvalue weighted by molar-refractivity contribution is 7.08. The Morgan fingerprint density at radius 2 is 2.32 bits per heavy atom. The lowest BCUT2D eigenvalue weighted by Crippen LogP contribution is -2.51. The van der Waals surface area contributed by atoms with E-state index in [9.17, 15) is 4.79 Å². The third-order valence-corrected chi connectivity index (χ3v) is 6.38. The fourth-order valence-electron chi connectivity index (χ4n) is 4.08. The SMILES string of the molecule is CCc1nnsc1C(=O)N1CCC2(CC(N(C)c3ccncn3)C2)C1. The number of likely N-dealkylation sites (tertiary alicyclic amines) is 1. The molecule has 2 aromatic rings. The van der Waals surface area contributed by atoms with Gasteiger partial charge in [-0.2, -0.15) is 0 Å². The summed E-state index contributed by atoms with van der Waals surface area (Å²) in [4.78, 5) is 26.0. The first-order chi connectivity index (χ1) is 12.1. The predicted molar refractivity (Wildman–Crippen MR) is 95.7 cm³/mol. The zero-order valence-corrected chi connectivity index (χ0v) is 15.4. The molecule has 1 saturated carbocycles. The molecular formula is C17H22N6OS. The molecule has 1 amide bonds. The van der Waals surface area contributed by atoms with Crippen LogP contribution >= 0.6 is 11.5 Å². The van der Waals surface area contributed by atoms with Gasteiger partial charge in [0.25, 0.3) is 5.91 Å². The number of carbonyl (C=O) groups is 1. The van der Waals surface area contributed by atoms with E-state index in [1.807, 2.05) is 17.9 Å². The number of carbonyl (C=O) groups excluding carboxylic acids is 1. The molecule has 1 aliphatic heterocycles. The van der Waals surface area contributed by atoms with Gasteiger partial charge in [0.2, 0.25) is 0 Å². The Balaban J connectivity index is 1.38. The Morgan fingerprint density at radius 1 is 1.48 bits per heavy atom. The van der Waals surface area contributed by atoms with Crippen LogP contribution in [0, 0.1) is 5.41 Å². The second-order valence-electron chi connectivity index (χ2n) is 7.12. The van der Waals surface area contributed by atoms with Gasteiger partial charge in [-0.05, 0) is 48.7 Å². The molecule has 1 aliphatic carbocycles. The minimum Gasteiger partial charge on any atom is -0.357 e. The van der Waals surface area contributed by atoms with Gasteiger partial charge >= 0.3 is 0 Å². The van der Waals surface area contributed by atoms with Crippen molar-refractivity contribution in [1.29, 1.82) is 0 Å². The van der Waals surface area contributed by atoms with Crippen LogP contribution in [0.2, 0.25) is 0 Å². The Bertz CT molecular complexity index is 758. The zero-order chi connectivity index (χ0) is 17.4. The molecule has 0 N–H and O–H groups in total. The smallest absolute Gasteiger partial charge is 0.267 e. The molecule has 8 heteroatoms. The van der Waals surface area contributed by atoms with E-state index >= 15 is 0 Å². The van der Waals surface area contributed by atoms with Gasteiger partial charge in [0.15, 0.2) is 0 Å². The van der Waals surface area contributed by atoms with Crippen molar-refractivity contribution in [2.24, 2.45) is 5.41 Å². The van der Waals surface area contributed by atoms with E-state index in [0.717, 1.165) is 50.3 Å². The van der Waals surface area contributed by atoms with Gasteiger partial charge < -0.3 is 9.80 Å². The molecule has 4 rings (SSSR count). The first kappa shape index (κ1) is 16.4. The largest absolute Gasteiger partial charge is 0.357 e. The van der Waals surface area contributed by atoms with Crippen molar-refractivity contribution < 1.29 is 4.79 Å². The van der Waals surface area contributed by atoms with Crippen LogP contribution in [0.3, 0.4) is 0 Å².